The van der Waals surface area contributed by atoms with Crippen LogP contribution in [0.4, 0.5) is 10.1 Å². The van der Waals surface area contributed by atoms with E-state index in [1.165, 1.54) is 24.3 Å². The van der Waals surface area contributed by atoms with Crippen molar-refractivity contribution in [3.8, 4) is 0 Å². The van der Waals surface area contributed by atoms with E-state index in [0.717, 1.165) is 10.9 Å². The third-order valence-corrected chi connectivity index (χ3v) is 4.40. The second kappa shape index (κ2) is 7.06. The summed E-state index contributed by atoms with van der Waals surface area (Å²) < 4.78 is 18.5. The van der Waals surface area contributed by atoms with Gasteiger partial charge < -0.3 is 15.0 Å². The summed E-state index contributed by atoms with van der Waals surface area (Å²) in [5, 5.41) is 3.48. The third-order valence-electron chi connectivity index (χ3n) is 3.58. The molecule has 0 atom stereocenters. The number of nitrogens with one attached hydrogen (secondary N) is 2. The molecular weight excluding hydrogens is 391 g/mol. The number of benzene rings is 2. The van der Waals surface area contributed by atoms with Crippen molar-refractivity contribution in [2.24, 2.45) is 0 Å². The maximum Gasteiger partial charge on any atom is 0.355 e. The van der Waals surface area contributed by atoms with Crippen LogP contribution >= 0.6 is 15.9 Å². The number of rotatable bonds is 4. The molecule has 2 aromatic carbocycles. The number of hydrogen-bond donors (Lipinski definition) is 2. The molecule has 128 valence electrons. The zero-order chi connectivity index (χ0) is 18.0. The molecule has 3 aromatic rings. The number of aromatic amines is 1. The number of carbonyl (C=O) groups is 2. The molecule has 0 saturated carbocycles. The molecule has 0 saturated heterocycles. The van der Waals surface area contributed by atoms with Crippen molar-refractivity contribution in [1.82, 2.24) is 4.98 Å². The Morgan fingerprint density at radius 2 is 1.92 bits per heavy atom. The second-order valence-corrected chi connectivity index (χ2v) is 6.05. The van der Waals surface area contributed by atoms with Crippen LogP contribution in [0, 0.1) is 5.82 Å². The van der Waals surface area contributed by atoms with E-state index < -0.39 is 11.8 Å². The number of halogens is 2. The standard InChI is InChI=1S/C18H14BrFN2O3/c1-2-25-18(24)16-15(19)13-9-12(7-8-14(13)22-16)21-17(23)10-3-5-11(20)6-4-10/h3-9,22H,2H2,1H3,(H,21,23). The van der Waals surface area contributed by atoms with Gasteiger partial charge in [-0.05, 0) is 65.3 Å². The average Bonchev–Trinajstić information content (AvgIpc) is 2.92. The first-order valence-electron chi connectivity index (χ1n) is 7.55. The van der Waals surface area contributed by atoms with Crippen molar-refractivity contribution < 1.29 is 18.7 Å². The minimum Gasteiger partial charge on any atom is -0.461 e. The van der Waals surface area contributed by atoms with Gasteiger partial charge in [0.15, 0.2) is 0 Å². The number of amides is 1. The SMILES string of the molecule is CCOC(=O)c1[nH]c2ccc(NC(=O)c3ccc(F)cc3)cc2c1Br. The minimum atomic E-state index is -0.456. The highest BCUT2D eigenvalue weighted by Crippen LogP contribution is 2.30. The molecule has 5 nitrogen and oxygen atoms in total. The monoisotopic (exact) mass is 404 g/mol. The smallest absolute Gasteiger partial charge is 0.355 e. The average molecular weight is 405 g/mol. The van der Waals surface area contributed by atoms with Crippen molar-refractivity contribution in [3.63, 3.8) is 0 Å². The molecule has 1 heterocycles. The van der Waals surface area contributed by atoms with Crippen LogP contribution in [0.3, 0.4) is 0 Å². The Morgan fingerprint density at radius 1 is 1.20 bits per heavy atom. The van der Waals surface area contributed by atoms with E-state index in [9.17, 15) is 14.0 Å². The van der Waals surface area contributed by atoms with Crippen LogP contribution in [0.5, 0.6) is 0 Å². The molecule has 25 heavy (non-hydrogen) atoms. The van der Waals surface area contributed by atoms with Gasteiger partial charge in [-0.2, -0.15) is 0 Å². The van der Waals surface area contributed by atoms with Crippen LogP contribution in [0.2, 0.25) is 0 Å². The molecule has 0 unspecified atom stereocenters. The first kappa shape index (κ1) is 17.2. The third kappa shape index (κ3) is 3.56. The predicted molar refractivity (Wildman–Crippen MR) is 96.3 cm³/mol. The number of esters is 1. The lowest BCUT2D eigenvalue weighted by Gasteiger charge is -2.05. The molecule has 1 amide bonds. The topological polar surface area (TPSA) is 71.2 Å². The van der Waals surface area contributed by atoms with Gasteiger partial charge in [0.05, 0.1) is 11.1 Å². The van der Waals surface area contributed by atoms with E-state index in [1.807, 2.05) is 0 Å². The first-order chi connectivity index (χ1) is 12.0. The quantitative estimate of drug-likeness (QED) is 0.628. The van der Waals surface area contributed by atoms with E-state index in [1.54, 1.807) is 25.1 Å². The summed E-state index contributed by atoms with van der Waals surface area (Å²) in [6.45, 7) is 2.01. The Morgan fingerprint density at radius 3 is 2.60 bits per heavy atom. The van der Waals surface area contributed by atoms with Crippen LogP contribution in [0.1, 0.15) is 27.8 Å². The number of aromatic nitrogens is 1. The fourth-order valence-corrected chi connectivity index (χ4v) is 2.97. The van der Waals surface area contributed by atoms with E-state index in [0.29, 0.717) is 21.4 Å². The Bertz CT molecular complexity index is 951. The number of H-pyrrole nitrogens is 1. The molecule has 0 aliphatic rings. The van der Waals surface area contributed by atoms with E-state index in [2.05, 4.69) is 26.2 Å². The molecule has 1 aromatic heterocycles. The number of ether oxygens (including phenoxy) is 1. The van der Waals surface area contributed by atoms with Gasteiger partial charge in [-0.15, -0.1) is 0 Å². The zero-order valence-corrected chi connectivity index (χ0v) is 14.8. The van der Waals surface area contributed by atoms with E-state index >= 15 is 0 Å². The highest BCUT2D eigenvalue weighted by Gasteiger charge is 2.17. The molecule has 0 fully saturated rings. The van der Waals surface area contributed by atoms with E-state index in [-0.39, 0.29) is 12.5 Å². The largest absolute Gasteiger partial charge is 0.461 e. The molecule has 0 spiro atoms. The van der Waals surface area contributed by atoms with Crippen molar-refractivity contribution in [3.05, 3.63) is 64.0 Å². The Labute approximate surface area is 151 Å². The van der Waals surface area contributed by atoms with Gasteiger partial charge in [0.1, 0.15) is 11.5 Å². The van der Waals surface area contributed by atoms with Crippen LogP contribution in [-0.2, 0) is 4.74 Å². The molecule has 0 radical (unpaired) electrons. The number of carbonyl (C=O) groups excluding carboxylic acids is 2. The van der Waals surface area contributed by atoms with Gasteiger partial charge in [-0.25, -0.2) is 9.18 Å². The minimum absolute atomic E-state index is 0.277. The number of fused-ring (bicyclic) bond motifs is 1. The van der Waals surface area contributed by atoms with Gasteiger partial charge in [0, 0.05) is 22.2 Å². The molecule has 0 aliphatic carbocycles. The molecule has 7 heteroatoms. The normalized spacial score (nSPS) is 10.7. The fourth-order valence-electron chi connectivity index (χ4n) is 2.39. The van der Waals surface area contributed by atoms with E-state index in [4.69, 9.17) is 4.74 Å². The summed E-state index contributed by atoms with van der Waals surface area (Å²) >= 11 is 3.39. The maximum absolute atomic E-state index is 12.9. The lowest BCUT2D eigenvalue weighted by atomic mass is 10.2. The number of anilines is 1. The molecule has 0 aliphatic heterocycles. The first-order valence-corrected chi connectivity index (χ1v) is 8.34. The van der Waals surface area contributed by atoms with Crippen LogP contribution in [0.25, 0.3) is 10.9 Å². The fraction of sp³-hybridized carbons (Fsp3) is 0.111. The lowest BCUT2D eigenvalue weighted by molar-refractivity contribution is 0.0519. The highest BCUT2D eigenvalue weighted by molar-refractivity contribution is 9.10. The Hall–Kier alpha value is -2.67. The summed E-state index contributed by atoms with van der Waals surface area (Å²) in [5.74, 6) is -1.21. The predicted octanol–water partition coefficient (Wildman–Crippen LogP) is 4.50. The van der Waals surface area contributed by atoms with Crippen molar-refractivity contribution in [1.29, 1.82) is 0 Å². The summed E-state index contributed by atoms with van der Waals surface area (Å²) in [6.07, 6.45) is 0. The highest BCUT2D eigenvalue weighted by atomic mass is 79.9. The second-order valence-electron chi connectivity index (χ2n) is 5.26. The summed E-state index contributed by atoms with van der Waals surface area (Å²) in [4.78, 5) is 27.1. The zero-order valence-electron chi connectivity index (χ0n) is 13.2. The van der Waals surface area contributed by atoms with Gasteiger partial charge in [-0.3, -0.25) is 4.79 Å². The Kier molecular flexibility index (Phi) is 4.85. The molecule has 3 rings (SSSR count). The molecule has 0 bridgehead atoms. The van der Waals surface area contributed by atoms with Gasteiger partial charge in [0.25, 0.3) is 5.91 Å². The van der Waals surface area contributed by atoms with Crippen LogP contribution < -0.4 is 5.32 Å². The lowest BCUT2D eigenvalue weighted by Crippen LogP contribution is -2.11. The van der Waals surface area contributed by atoms with Crippen LogP contribution in [0.15, 0.2) is 46.9 Å². The van der Waals surface area contributed by atoms with Crippen molar-refractivity contribution in [2.75, 3.05) is 11.9 Å². The maximum atomic E-state index is 12.9. The summed E-state index contributed by atoms with van der Waals surface area (Å²) in [6, 6.07) is 10.5. The summed E-state index contributed by atoms with van der Waals surface area (Å²) in [5.41, 5.74) is 1.95. The van der Waals surface area contributed by atoms with Crippen molar-refractivity contribution >= 4 is 44.4 Å². The molecule has 2 N–H and O–H groups in total. The summed E-state index contributed by atoms with van der Waals surface area (Å²) in [7, 11) is 0. The van der Waals surface area contributed by atoms with Crippen molar-refractivity contribution in [2.45, 2.75) is 6.92 Å². The van der Waals surface area contributed by atoms with Gasteiger partial charge in [-0.1, -0.05) is 0 Å². The van der Waals surface area contributed by atoms with Gasteiger partial charge >= 0.3 is 5.97 Å². The number of hydrogen-bond acceptors (Lipinski definition) is 3. The van der Waals surface area contributed by atoms with Crippen LogP contribution in [-0.4, -0.2) is 23.5 Å². The van der Waals surface area contributed by atoms with Gasteiger partial charge in [0.2, 0.25) is 0 Å². The molecular formula is C18H14BrFN2O3. The Balaban J connectivity index is 1.88.